The number of aromatic nitrogens is 3. The molecule has 10 heteroatoms. The van der Waals surface area contributed by atoms with E-state index >= 15 is 0 Å². The van der Waals surface area contributed by atoms with Crippen LogP contribution in [-0.2, 0) is 14.8 Å². The average molecular weight is 465 g/mol. The summed E-state index contributed by atoms with van der Waals surface area (Å²) >= 11 is 0. The van der Waals surface area contributed by atoms with Gasteiger partial charge in [-0.15, -0.1) is 0 Å². The van der Waals surface area contributed by atoms with Crippen LogP contribution in [0.1, 0.15) is 5.69 Å². The molecule has 170 valence electrons. The van der Waals surface area contributed by atoms with E-state index in [2.05, 4.69) is 31.7 Å². The molecule has 0 saturated carbocycles. The van der Waals surface area contributed by atoms with Crippen LogP contribution in [0.2, 0.25) is 0 Å². The van der Waals surface area contributed by atoms with Crippen molar-refractivity contribution in [2.75, 3.05) is 36.9 Å². The van der Waals surface area contributed by atoms with Gasteiger partial charge in [0, 0.05) is 47.3 Å². The van der Waals surface area contributed by atoms with E-state index in [0.717, 1.165) is 22.3 Å². The van der Waals surface area contributed by atoms with E-state index in [4.69, 9.17) is 4.74 Å². The summed E-state index contributed by atoms with van der Waals surface area (Å²) in [6.07, 6.45) is 1.64. The Labute approximate surface area is 191 Å². The standard InChI is InChI=1S/C23H24N6O3S/c1-16-13-17-14-19(5-6-21(17)25-16)26-22-7-8-24-23(28-22)27-18-3-2-4-20(15-18)33(30,31)29-9-11-32-12-10-29/h2-8,13-15,25H,9-12H2,1H3,(H2,24,26,27,28). The van der Waals surface area contributed by atoms with Crippen LogP contribution in [-0.4, -0.2) is 54.0 Å². The Hall–Kier alpha value is -3.47. The van der Waals surface area contributed by atoms with Gasteiger partial charge in [-0.25, -0.2) is 13.4 Å². The van der Waals surface area contributed by atoms with Crippen molar-refractivity contribution in [3.05, 3.63) is 66.5 Å². The molecule has 2 aromatic heterocycles. The van der Waals surface area contributed by atoms with Crippen molar-refractivity contribution in [2.45, 2.75) is 11.8 Å². The van der Waals surface area contributed by atoms with Gasteiger partial charge in [0.05, 0.1) is 18.1 Å². The molecule has 0 bridgehead atoms. The predicted molar refractivity (Wildman–Crippen MR) is 128 cm³/mol. The molecule has 4 aromatic rings. The molecule has 1 aliphatic rings. The summed E-state index contributed by atoms with van der Waals surface area (Å²) in [6, 6.07) is 16.6. The summed E-state index contributed by atoms with van der Waals surface area (Å²) in [5, 5.41) is 7.51. The van der Waals surface area contributed by atoms with Gasteiger partial charge in [0.2, 0.25) is 16.0 Å². The molecular weight excluding hydrogens is 440 g/mol. The zero-order valence-corrected chi connectivity index (χ0v) is 18.9. The maximum Gasteiger partial charge on any atom is 0.243 e. The number of hydrogen-bond donors (Lipinski definition) is 3. The van der Waals surface area contributed by atoms with Crippen molar-refractivity contribution in [3.63, 3.8) is 0 Å². The van der Waals surface area contributed by atoms with Crippen LogP contribution in [0.5, 0.6) is 0 Å². The lowest BCUT2D eigenvalue weighted by Crippen LogP contribution is -2.40. The molecule has 1 fully saturated rings. The number of benzene rings is 2. The molecule has 0 atom stereocenters. The first-order valence-electron chi connectivity index (χ1n) is 10.6. The zero-order valence-electron chi connectivity index (χ0n) is 18.1. The number of aromatic amines is 1. The molecule has 2 aromatic carbocycles. The Bertz CT molecular complexity index is 1400. The number of nitrogens with zero attached hydrogens (tertiary/aromatic N) is 3. The minimum absolute atomic E-state index is 0.221. The van der Waals surface area contributed by atoms with Crippen molar-refractivity contribution < 1.29 is 13.2 Å². The minimum atomic E-state index is -3.58. The summed E-state index contributed by atoms with van der Waals surface area (Å²) in [5.41, 5.74) is 3.68. The molecule has 0 spiro atoms. The van der Waals surface area contributed by atoms with Gasteiger partial charge in [-0.1, -0.05) is 6.07 Å². The van der Waals surface area contributed by atoms with Crippen LogP contribution < -0.4 is 10.6 Å². The maximum absolute atomic E-state index is 12.9. The highest BCUT2D eigenvalue weighted by Crippen LogP contribution is 2.24. The molecule has 1 saturated heterocycles. The minimum Gasteiger partial charge on any atom is -0.379 e. The van der Waals surface area contributed by atoms with E-state index in [1.54, 1.807) is 36.5 Å². The zero-order chi connectivity index (χ0) is 22.8. The van der Waals surface area contributed by atoms with Crippen molar-refractivity contribution in [1.29, 1.82) is 0 Å². The fourth-order valence-electron chi connectivity index (χ4n) is 3.79. The molecule has 1 aliphatic heterocycles. The first-order chi connectivity index (χ1) is 16.0. The van der Waals surface area contributed by atoms with E-state index < -0.39 is 10.0 Å². The third kappa shape index (κ3) is 4.68. The number of morpholine rings is 1. The van der Waals surface area contributed by atoms with Crippen LogP contribution in [0.25, 0.3) is 10.9 Å². The normalized spacial score (nSPS) is 14.9. The third-order valence-electron chi connectivity index (χ3n) is 5.38. The SMILES string of the molecule is Cc1cc2cc(Nc3ccnc(Nc4cccc(S(=O)(=O)N5CCOCC5)c4)n3)ccc2[nH]1. The fourth-order valence-corrected chi connectivity index (χ4v) is 5.25. The average Bonchev–Trinajstić information content (AvgIpc) is 3.19. The number of fused-ring (bicyclic) bond motifs is 1. The first kappa shape index (κ1) is 21.4. The Morgan fingerprint density at radius 2 is 1.82 bits per heavy atom. The smallest absolute Gasteiger partial charge is 0.243 e. The second-order valence-corrected chi connectivity index (χ2v) is 9.75. The number of anilines is 4. The monoisotopic (exact) mass is 464 g/mol. The summed E-state index contributed by atoms with van der Waals surface area (Å²) in [6.45, 7) is 3.54. The summed E-state index contributed by atoms with van der Waals surface area (Å²) in [5.74, 6) is 0.982. The van der Waals surface area contributed by atoms with E-state index in [1.165, 1.54) is 4.31 Å². The predicted octanol–water partition coefficient (Wildman–Crippen LogP) is 3.77. The lowest BCUT2D eigenvalue weighted by Gasteiger charge is -2.26. The number of ether oxygens (including phenoxy) is 1. The largest absolute Gasteiger partial charge is 0.379 e. The number of hydrogen-bond acceptors (Lipinski definition) is 7. The molecule has 3 N–H and O–H groups in total. The number of sulfonamides is 1. The second-order valence-electron chi connectivity index (χ2n) is 7.81. The van der Waals surface area contributed by atoms with Gasteiger partial charge in [0.25, 0.3) is 0 Å². The molecular formula is C23H24N6O3S. The van der Waals surface area contributed by atoms with Crippen LogP contribution in [0, 0.1) is 6.92 Å². The second kappa shape index (κ2) is 8.81. The van der Waals surface area contributed by atoms with Gasteiger partial charge in [0.1, 0.15) is 5.82 Å². The fraction of sp³-hybridized carbons (Fsp3) is 0.217. The Morgan fingerprint density at radius 3 is 2.67 bits per heavy atom. The van der Waals surface area contributed by atoms with Gasteiger partial charge in [-0.3, -0.25) is 0 Å². The lowest BCUT2D eigenvalue weighted by molar-refractivity contribution is 0.0730. The van der Waals surface area contributed by atoms with Crippen molar-refractivity contribution in [3.8, 4) is 0 Å². The topological polar surface area (TPSA) is 112 Å². The Kier molecular flexibility index (Phi) is 5.71. The highest BCUT2D eigenvalue weighted by Gasteiger charge is 2.26. The quantitative estimate of drug-likeness (QED) is 0.398. The summed E-state index contributed by atoms with van der Waals surface area (Å²) in [7, 11) is -3.58. The van der Waals surface area contributed by atoms with Gasteiger partial charge in [-0.2, -0.15) is 9.29 Å². The van der Waals surface area contributed by atoms with Crippen molar-refractivity contribution >= 4 is 44.1 Å². The number of aryl methyl sites for hydroxylation is 1. The third-order valence-corrected chi connectivity index (χ3v) is 7.28. The van der Waals surface area contributed by atoms with Crippen LogP contribution in [0.3, 0.4) is 0 Å². The number of nitrogens with one attached hydrogen (secondary N) is 3. The molecule has 0 amide bonds. The molecule has 9 nitrogen and oxygen atoms in total. The van der Waals surface area contributed by atoms with E-state index in [9.17, 15) is 8.42 Å². The van der Waals surface area contributed by atoms with Gasteiger partial charge >= 0.3 is 0 Å². The highest BCUT2D eigenvalue weighted by atomic mass is 32.2. The molecule has 0 unspecified atom stereocenters. The number of H-pyrrole nitrogens is 1. The van der Waals surface area contributed by atoms with Crippen LogP contribution in [0.4, 0.5) is 23.1 Å². The summed E-state index contributed by atoms with van der Waals surface area (Å²) < 4.78 is 32.6. The summed E-state index contributed by atoms with van der Waals surface area (Å²) in [4.78, 5) is 12.3. The molecule has 3 heterocycles. The van der Waals surface area contributed by atoms with Gasteiger partial charge in [0.15, 0.2) is 0 Å². The molecule has 0 radical (unpaired) electrons. The highest BCUT2D eigenvalue weighted by molar-refractivity contribution is 7.89. The molecule has 33 heavy (non-hydrogen) atoms. The molecule has 5 rings (SSSR count). The van der Waals surface area contributed by atoms with Crippen molar-refractivity contribution in [1.82, 2.24) is 19.3 Å². The van der Waals surface area contributed by atoms with Crippen molar-refractivity contribution in [2.24, 2.45) is 0 Å². The lowest BCUT2D eigenvalue weighted by atomic mass is 10.2. The Balaban J connectivity index is 1.33. The van der Waals surface area contributed by atoms with Crippen LogP contribution in [0.15, 0.2) is 65.7 Å². The first-order valence-corrected chi connectivity index (χ1v) is 12.1. The van der Waals surface area contributed by atoms with Gasteiger partial charge in [-0.05, 0) is 55.5 Å². The molecule has 0 aliphatic carbocycles. The van der Waals surface area contributed by atoms with Crippen LogP contribution >= 0.6 is 0 Å². The number of rotatable bonds is 6. The van der Waals surface area contributed by atoms with E-state index in [-0.39, 0.29) is 4.90 Å². The van der Waals surface area contributed by atoms with Gasteiger partial charge < -0.3 is 20.4 Å². The van der Waals surface area contributed by atoms with E-state index in [0.29, 0.717) is 43.8 Å². The van der Waals surface area contributed by atoms with E-state index in [1.807, 2.05) is 25.1 Å². The Morgan fingerprint density at radius 1 is 1.00 bits per heavy atom. The maximum atomic E-state index is 12.9.